The highest BCUT2D eigenvalue weighted by Crippen LogP contribution is 2.22. The van der Waals surface area contributed by atoms with Crippen molar-refractivity contribution in [1.29, 1.82) is 10.8 Å². The Hall–Kier alpha value is -3.57. The Morgan fingerprint density at radius 2 is 1.85 bits per heavy atom. The van der Waals surface area contributed by atoms with Crippen LogP contribution in [0.25, 0.3) is 0 Å². The number of benzene rings is 2. The van der Waals surface area contributed by atoms with Crippen LogP contribution in [0.2, 0.25) is 5.02 Å². The number of halogens is 4. The predicted molar refractivity (Wildman–Crippen MR) is 148 cm³/mol. The summed E-state index contributed by atoms with van der Waals surface area (Å²) in [5, 5.41) is 30.1. The lowest BCUT2D eigenvalue weighted by Gasteiger charge is -2.29. The maximum absolute atomic E-state index is 12.9. The molecule has 12 heteroatoms. The van der Waals surface area contributed by atoms with Crippen molar-refractivity contribution in [2.24, 2.45) is 0 Å². The first-order valence-corrected chi connectivity index (χ1v) is 12.6. The average molecular weight is 567 g/mol. The average Bonchev–Trinajstić information content (AvgIpc) is 2.90. The van der Waals surface area contributed by atoms with E-state index in [-0.39, 0.29) is 23.7 Å². The summed E-state index contributed by atoms with van der Waals surface area (Å²) in [7, 11) is 2.02. The van der Waals surface area contributed by atoms with E-state index in [4.69, 9.17) is 22.4 Å². The van der Waals surface area contributed by atoms with E-state index in [1.165, 1.54) is 24.3 Å². The van der Waals surface area contributed by atoms with Crippen LogP contribution in [0.3, 0.4) is 0 Å². The zero-order chi connectivity index (χ0) is 29.0. The number of hydrogen-bond acceptors (Lipinski definition) is 6. The van der Waals surface area contributed by atoms with Gasteiger partial charge in [-0.1, -0.05) is 29.8 Å². The number of phenols is 1. The van der Waals surface area contributed by atoms with E-state index in [0.717, 1.165) is 34.7 Å². The third kappa shape index (κ3) is 10.3. The summed E-state index contributed by atoms with van der Waals surface area (Å²) in [6.45, 7) is 4.13. The summed E-state index contributed by atoms with van der Waals surface area (Å²) in [5.41, 5.74) is 3.35. The number of aromatic hydroxyl groups is 1. The maximum atomic E-state index is 12.9. The van der Waals surface area contributed by atoms with Crippen molar-refractivity contribution < 1.29 is 23.1 Å². The maximum Gasteiger partial charge on any atom is 0.390 e. The van der Waals surface area contributed by atoms with Gasteiger partial charge in [0.25, 0.3) is 0 Å². The predicted octanol–water partition coefficient (Wildman–Crippen LogP) is 5.37. The molecule has 0 saturated heterocycles. The number of carbonyl (C=O) groups is 1. The molecule has 0 saturated carbocycles. The molecule has 0 unspecified atom stereocenters. The molecule has 0 spiro atoms. The molecule has 39 heavy (non-hydrogen) atoms. The van der Waals surface area contributed by atoms with E-state index in [1.807, 2.05) is 31.3 Å². The van der Waals surface area contributed by atoms with Crippen LogP contribution in [-0.2, 0) is 6.54 Å². The van der Waals surface area contributed by atoms with Gasteiger partial charge in [0, 0.05) is 49.0 Å². The number of carbonyl (C=O) groups excluding carboxylic acids is 1. The van der Waals surface area contributed by atoms with E-state index in [1.54, 1.807) is 0 Å². The van der Waals surface area contributed by atoms with Gasteiger partial charge in [-0.2, -0.15) is 13.2 Å². The minimum absolute atomic E-state index is 0.0480. The Labute approximate surface area is 231 Å². The molecule has 2 aromatic carbocycles. The van der Waals surface area contributed by atoms with Crippen molar-refractivity contribution in [3.8, 4) is 5.75 Å². The fourth-order valence-electron chi connectivity index (χ4n) is 3.98. The molecule has 1 heterocycles. The van der Waals surface area contributed by atoms with E-state index in [0.29, 0.717) is 24.5 Å². The number of amides is 2. The van der Waals surface area contributed by atoms with E-state index in [9.17, 15) is 23.1 Å². The second-order valence-electron chi connectivity index (χ2n) is 8.91. The van der Waals surface area contributed by atoms with Gasteiger partial charge in [0.1, 0.15) is 11.6 Å². The topological polar surface area (TPSA) is 116 Å². The van der Waals surface area contributed by atoms with Crippen LogP contribution in [0.4, 0.5) is 18.0 Å². The normalized spacial score (nSPS) is 13.8. The van der Waals surface area contributed by atoms with Crippen LogP contribution < -0.4 is 10.6 Å². The van der Waals surface area contributed by atoms with Crippen molar-refractivity contribution in [3.63, 3.8) is 0 Å². The highest BCUT2D eigenvalue weighted by atomic mass is 35.5. The number of alkyl halides is 3. The van der Waals surface area contributed by atoms with Crippen LogP contribution in [0.5, 0.6) is 5.75 Å². The molecule has 0 aliphatic carbocycles. The molecule has 0 fully saturated rings. The molecule has 3 rings (SSSR count). The molecular weight excluding hydrogens is 533 g/mol. The third-order valence-electron chi connectivity index (χ3n) is 6.08. The van der Waals surface area contributed by atoms with Gasteiger partial charge >= 0.3 is 12.2 Å². The van der Waals surface area contributed by atoms with E-state index < -0.39 is 25.2 Å². The lowest BCUT2D eigenvalue weighted by Crippen LogP contribution is -2.45. The molecule has 0 aromatic heterocycles. The highest BCUT2D eigenvalue weighted by Gasteiger charge is 2.31. The van der Waals surface area contributed by atoms with Gasteiger partial charge in [-0.3, -0.25) is 10.3 Å². The molecule has 2 aromatic rings. The summed E-state index contributed by atoms with van der Waals surface area (Å²) in [6.07, 6.45) is -4.41. The second-order valence-corrected chi connectivity index (χ2v) is 9.32. The van der Waals surface area contributed by atoms with Gasteiger partial charge in [0.2, 0.25) is 0 Å². The van der Waals surface area contributed by atoms with Gasteiger partial charge < -0.3 is 26.0 Å². The molecule has 8 nitrogen and oxygen atoms in total. The fraction of sp³-hybridized carbons (Fsp3) is 0.370. The highest BCUT2D eigenvalue weighted by molar-refractivity contribution is 6.31. The molecule has 0 atom stereocenters. The van der Waals surface area contributed by atoms with Crippen molar-refractivity contribution in [1.82, 2.24) is 20.4 Å². The van der Waals surface area contributed by atoms with Crippen LogP contribution in [0, 0.1) is 10.8 Å². The second kappa shape index (κ2) is 15.1. The number of hydrogen-bond donors (Lipinski definition) is 5. The largest absolute Gasteiger partial charge is 0.508 e. The SMILES string of the molecule is C=N.CN1CCC(CCNC(=O)N(CCC(F)(F)F)C(=N)c2ccc(O)cc2)=C(NCc2ccccc2Cl)C1. The molecule has 5 N–H and O–H groups in total. The number of rotatable bonds is 9. The number of nitrogens with one attached hydrogen (secondary N) is 4. The molecule has 0 radical (unpaired) electrons. The fourth-order valence-corrected chi connectivity index (χ4v) is 4.18. The van der Waals surface area contributed by atoms with Crippen LogP contribution in [-0.4, -0.2) is 72.9 Å². The number of phenolic OH excluding ortho intramolecular Hbond substituents is 1. The summed E-state index contributed by atoms with van der Waals surface area (Å²) < 4.78 is 38.7. The Morgan fingerprint density at radius 3 is 2.49 bits per heavy atom. The number of amidine groups is 1. The van der Waals surface area contributed by atoms with Crippen molar-refractivity contribution in [2.75, 3.05) is 33.2 Å². The van der Waals surface area contributed by atoms with Crippen molar-refractivity contribution in [2.45, 2.75) is 32.0 Å². The Kier molecular flexibility index (Phi) is 12.3. The Morgan fingerprint density at radius 1 is 1.18 bits per heavy atom. The molecular formula is C27H34ClF3N6O2. The molecule has 212 valence electrons. The number of nitrogens with zero attached hydrogens (tertiary/aromatic N) is 2. The number of urea groups is 1. The van der Waals surface area contributed by atoms with Crippen molar-refractivity contribution >= 4 is 30.2 Å². The first-order chi connectivity index (χ1) is 18.5. The van der Waals surface area contributed by atoms with Crippen molar-refractivity contribution in [3.05, 3.63) is 76.0 Å². The molecule has 2 amide bonds. The van der Waals surface area contributed by atoms with Crippen LogP contribution in [0.1, 0.15) is 30.4 Å². The lowest BCUT2D eigenvalue weighted by molar-refractivity contribution is -0.135. The third-order valence-corrected chi connectivity index (χ3v) is 6.45. The Balaban J connectivity index is 0.00000260. The molecule has 0 bridgehead atoms. The zero-order valence-corrected chi connectivity index (χ0v) is 22.5. The zero-order valence-electron chi connectivity index (χ0n) is 21.7. The molecule has 1 aliphatic rings. The summed E-state index contributed by atoms with van der Waals surface area (Å²) in [4.78, 5) is 15.8. The van der Waals surface area contributed by atoms with Crippen LogP contribution >= 0.6 is 11.6 Å². The monoisotopic (exact) mass is 566 g/mol. The van der Waals surface area contributed by atoms with Gasteiger partial charge in [0.05, 0.1) is 6.42 Å². The van der Waals surface area contributed by atoms with Gasteiger partial charge in [-0.15, -0.1) is 0 Å². The van der Waals surface area contributed by atoms with Gasteiger partial charge in [-0.05, 0) is 68.1 Å². The standard InChI is InChI=1S/C26H31ClF3N5O2.CH3N/c1-34-14-11-18(23(17-34)33-16-20-4-2-3-5-22(20)27)10-13-32-25(37)35(15-12-26(28,29)30)24(31)19-6-8-21(36)9-7-19;1-2/h2-9,31,33,36H,10-17H2,1H3,(H,32,37);2H,1H2. The van der Waals surface area contributed by atoms with Gasteiger partial charge in [-0.25, -0.2) is 4.79 Å². The van der Waals surface area contributed by atoms with E-state index >= 15 is 0 Å². The quantitative estimate of drug-likeness (QED) is 0.207. The smallest absolute Gasteiger partial charge is 0.390 e. The van der Waals surface area contributed by atoms with Crippen LogP contribution in [0.15, 0.2) is 59.8 Å². The minimum Gasteiger partial charge on any atom is -0.508 e. The first kappa shape index (κ1) is 31.6. The summed E-state index contributed by atoms with van der Waals surface area (Å²) in [5.74, 6) is -0.421. The lowest BCUT2D eigenvalue weighted by atomic mass is 10.0. The summed E-state index contributed by atoms with van der Waals surface area (Å²) in [6, 6.07) is 12.2. The Bertz CT molecular complexity index is 1140. The first-order valence-electron chi connectivity index (χ1n) is 12.3. The minimum atomic E-state index is -4.48. The van der Waals surface area contributed by atoms with Gasteiger partial charge in [0.15, 0.2) is 0 Å². The van der Waals surface area contributed by atoms with E-state index in [2.05, 4.69) is 22.3 Å². The summed E-state index contributed by atoms with van der Waals surface area (Å²) >= 11 is 6.27. The number of likely N-dealkylation sites (N-methyl/N-ethyl adjacent to an activating group) is 1. The molecule has 1 aliphatic heterocycles.